The quantitative estimate of drug-likeness (QED) is 0.427. The first-order valence-electron chi connectivity index (χ1n) is 10.9. The predicted octanol–water partition coefficient (Wildman–Crippen LogP) is 4.90. The third kappa shape index (κ3) is 3.69. The minimum absolute atomic E-state index is 0.140. The molecule has 0 saturated heterocycles. The number of carbonyl (C=O) groups excluding carboxylic acids is 1. The van der Waals surface area contributed by atoms with E-state index in [1.165, 1.54) is 0 Å². The van der Waals surface area contributed by atoms with Crippen LogP contribution in [0.2, 0.25) is 0 Å². The van der Waals surface area contributed by atoms with Crippen LogP contribution in [-0.2, 0) is 7.05 Å². The summed E-state index contributed by atoms with van der Waals surface area (Å²) in [5.74, 6) is 0.649. The summed E-state index contributed by atoms with van der Waals surface area (Å²) in [4.78, 5) is 22.7. The van der Waals surface area contributed by atoms with Crippen LogP contribution < -0.4 is 5.32 Å². The van der Waals surface area contributed by atoms with Crippen LogP contribution >= 0.6 is 0 Å². The Morgan fingerprint density at radius 1 is 0.970 bits per heavy atom. The summed E-state index contributed by atoms with van der Waals surface area (Å²) in [5, 5.41) is 3.25. The Labute approximate surface area is 192 Å². The Hall–Kier alpha value is -4.19. The van der Waals surface area contributed by atoms with Crippen molar-refractivity contribution in [2.45, 2.75) is 19.9 Å². The Balaban J connectivity index is 1.56. The largest absolute Gasteiger partial charge is 0.338 e. The molecule has 0 radical (unpaired) electrons. The number of fused-ring (bicyclic) bond motifs is 1. The summed E-state index contributed by atoms with van der Waals surface area (Å²) in [7, 11) is 1.99. The van der Waals surface area contributed by atoms with Crippen LogP contribution in [0.1, 0.15) is 39.2 Å². The molecule has 164 valence electrons. The zero-order valence-corrected chi connectivity index (χ0v) is 18.9. The van der Waals surface area contributed by atoms with Crippen molar-refractivity contribution < 1.29 is 4.79 Å². The number of nitrogens with zero attached hydrogens (tertiary/aromatic N) is 4. The number of para-hydroxylation sites is 2. The number of hydrogen-bond acceptors (Lipinski definition) is 3. The van der Waals surface area contributed by atoms with Crippen molar-refractivity contribution in [2.75, 3.05) is 0 Å². The van der Waals surface area contributed by atoms with Gasteiger partial charge in [0.1, 0.15) is 11.9 Å². The maximum Gasteiger partial charge on any atom is 0.253 e. The lowest BCUT2D eigenvalue weighted by atomic mass is 10.1. The lowest BCUT2D eigenvalue weighted by Gasteiger charge is -2.19. The maximum atomic E-state index is 13.6. The van der Waals surface area contributed by atoms with Gasteiger partial charge in [-0.1, -0.05) is 42.5 Å². The Morgan fingerprint density at radius 3 is 2.45 bits per heavy atom. The summed E-state index contributed by atoms with van der Waals surface area (Å²) in [6, 6.07) is 23.4. The Kier molecular flexibility index (Phi) is 5.26. The highest BCUT2D eigenvalue weighted by Gasteiger charge is 2.25. The zero-order chi connectivity index (χ0) is 22.9. The topological polar surface area (TPSA) is 64.7 Å². The van der Waals surface area contributed by atoms with Crippen molar-refractivity contribution in [3.63, 3.8) is 0 Å². The molecule has 3 heterocycles. The van der Waals surface area contributed by atoms with Crippen molar-refractivity contribution in [3.05, 3.63) is 114 Å². The number of benzene rings is 2. The van der Waals surface area contributed by atoms with Gasteiger partial charge >= 0.3 is 0 Å². The molecule has 5 aromatic rings. The number of imidazole rings is 1. The average Bonchev–Trinajstić information content (AvgIpc) is 3.34. The maximum absolute atomic E-state index is 13.6. The second kappa shape index (κ2) is 8.39. The second-order valence-corrected chi connectivity index (χ2v) is 8.17. The van der Waals surface area contributed by atoms with Crippen LogP contribution in [0.3, 0.4) is 0 Å². The SMILES string of the molecule is Cc1cc(C(=O)NC(c2ccccc2)c2nc3ccccc3n2C)c(C)n1-c1cccnc1. The minimum Gasteiger partial charge on any atom is -0.338 e. The fraction of sp³-hybridized carbons (Fsp3) is 0.148. The third-order valence-electron chi connectivity index (χ3n) is 6.07. The van der Waals surface area contributed by atoms with Crippen molar-refractivity contribution in [1.82, 2.24) is 24.4 Å². The number of aryl methyl sites for hydroxylation is 2. The number of carbonyl (C=O) groups is 1. The number of hydrogen-bond donors (Lipinski definition) is 1. The zero-order valence-electron chi connectivity index (χ0n) is 18.9. The molecular formula is C27H25N5O. The van der Waals surface area contributed by atoms with E-state index in [1.807, 2.05) is 98.3 Å². The van der Waals surface area contributed by atoms with E-state index < -0.39 is 6.04 Å². The van der Waals surface area contributed by atoms with Crippen LogP contribution in [0.4, 0.5) is 0 Å². The summed E-state index contributed by atoms with van der Waals surface area (Å²) >= 11 is 0. The van der Waals surface area contributed by atoms with E-state index in [-0.39, 0.29) is 5.91 Å². The molecule has 1 amide bonds. The molecule has 0 fully saturated rings. The van der Waals surface area contributed by atoms with Gasteiger partial charge in [-0.15, -0.1) is 0 Å². The lowest BCUT2D eigenvalue weighted by molar-refractivity contribution is 0.0940. The molecule has 3 aromatic heterocycles. The Bertz CT molecular complexity index is 1430. The van der Waals surface area contributed by atoms with Gasteiger partial charge in [0.25, 0.3) is 5.91 Å². The van der Waals surface area contributed by atoms with E-state index in [0.717, 1.165) is 39.5 Å². The molecule has 0 spiro atoms. The molecule has 6 nitrogen and oxygen atoms in total. The molecule has 1 atom stereocenters. The monoisotopic (exact) mass is 435 g/mol. The van der Waals surface area contributed by atoms with Crippen molar-refractivity contribution in [2.24, 2.45) is 7.05 Å². The van der Waals surface area contributed by atoms with E-state index in [1.54, 1.807) is 12.4 Å². The molecule has 6 heteroatoms. The van der Waals surface area contributed by atoms with Crippen LogP contribution in [0.5, 0.6) is 0 Å². The van der Waals surface area contributed by atoms with Gasteiger partial charge in [0.2, 0.25) is 0 Å². The van der Waals surface area contributed by atoms with Gasteiger partial charge in [-0.25, -0.2) is 4.98 Å². The van der Waals surface area contributed by atoms with E-state index in [9.17, 15) is 4.79 Å². The smallest absolute Gasteiger partial charge is 0.253 e. The van der Waals surface area contributed by atoms with Crippen LogP contribution in [0.15, 0.2) is 85.2 Å². The van der Waals surface area contributed by atoms with Crippen molar-refractivity contribution in [1.29, 1.82) is 0 Å². The lowest BCUT2D eigenvalue weighted by Crippen LogP contribution is -2.31. The van der Waals surface area contributed by atoms with Gasteiger partial charge in [0, 0.05) is 24.6 Å². The van der Waals surface area contributed by atoms with Crippen LogP contribution in [0.25, 0.3) is 16.7 Å². The molecule has 0 aliphatic rings. The molecule has 0 saturated carbocycles. The first kappa shape index (κ1) is 20.7. The number of amides is 1. The van der Waals surface area contributed by atoms with Crippen LogP contribution in [-0.4, -0.2) is 25.0 Å². The summed E-state index contributed by atoms with van der Waals surface area (Å²) < 4.78 is 4.10. The summed E-state index contributed by atoms with van der Waals surface area (Å²) in [6.45, 7) is 3.96. The fourth-order valence-corrected chi connectivity index (χ4v) is 4.45. The molecule has 1 N–H and O–H groups in total. The fourth-order valence-electron chi connectivity index (χ4n) is 4.45. The molecule has 2 aromatic carbocycles. The normalized spacial score (nSPS) is 12.1. The molecule has 0 bridgehead atoms. The molecule has 5 rings (SSSR count). The second-order valence-electron chi connectivity index (χ2n) is 8.17. The average molecular weight is 436 g/mol. The third-order valence-corrected chi connectivity index (χ3v) is 6.07. The molecular weight excluding hydrogens is 410 g/mol. The summed E-state index contributed by atoms with van der Waals surface area (Å²) in [6.07, 6.45) is 3.54. The van der Waals surface area contributed by atoms with E-state index in [4.69, 9.17) is 4.98 Å². The van der Waals surface area contributed by atoms with Gasteiger partial charge in [-0.05, 0) is 49.7 Å². The molecule has 0 aliphatic heterocycles. The minimum atomic E-state index is -0.391. The van der Waals surface area contributed by atoms with Gasteiger partial charge in [0.05, 0.1) is 28.5 Å². The van der Waals surface area contributed by atoms with Crippen molar-refractivity contribution >= 4 is 16.9 Å². The van der Waals surface area contributed by atoms with E-state index in [2.05, 4.69) is 14.9 Å². The number of pyridine rings is 1. The number of rotatable bonds is 5. The van der Waals surface area contributed by atoms with Gasteiger partial charge in [-0.3, -0.25) is 9.78 Å². The van der Waals surface area contributed by atoms with Gasteiger partial charge < -0.3 is 14.5 Å². The molecule has 0 aliphatic carbocycles. The van der Waals surface area contributed by atoms with Gasteiger partial charge in [-0.2, -0.15) is 0 Å². The number of aromatic nitrogens is 4. The highest BCUT2D eigenvalue weighted by atomic mass is 16.1. The van der Waals surface area contributed by atoms with Crippen LogP contribution in [0, 0.1) is 13.8 Å². The number of nitrogens with one attached hydrogen (secondary N) is 1. The van der Waals surface area contributed by atoms with Crippen molar-refractivity contribution in [3.8, 4) is 5.69 Å². The first-order valence-corrected chi connectivity index (χ1v) is 10.9. The first-order chi connectivity index (χ1) is 16.0. The van der Waals surface area contributed by atoms with E-state index >= 15 is 0 Å². The summed E-state index contributed by atoms with van der Waals surface area (Å²) in [5.41, 5.74) is 6.32. The highest BCUT2D eigenvalue weighted by molar-refractivity contribution is 5.96. The predicted molar refractivity (Wildman–Crippen MR) is 130 cm³/mol. The molecule has 1 unspecified atom stereocenters. The molecule has 33 heavy (non-hydrogen) atoms. The van der Waals surface area contributed by atoms with E-state index in [0.29, 0.717) is 5.56 Å². The standard InChI is InChI=1S/C27H25N5O/c1-18-16-22(19(2)32(18)21-12-9-15-28-17-21)27(33)30-25(20-10-5-4-6-11-20)26-29-23-13-7-8-14-24(23)31(26)3/h4-17,25H,1-3H3,(H,30,33). The highest BCUT2D eigenvalue weighted by Crippen LogP contribution is 2.27. The van der Waals surface area contributed by atoms with Gasteiger partial charge in [0.15, 0.2) is 0 Å². The Morgan fingerprint density at radius 2 is 1.73 bits per heavy atom.